The number of ketones is 1. The molecule has 6 heteroatoms. The van der Waals surface area contributed by atoms with E-state index in [1.54, 1.807) is 24.3 Å². The summed E-state index contributed by atoms with van der Waals surface area (Å²) in [6, 6.07) is 6.28. The largest absolute Gasteiger partial charge is 0.390 e. The van der Waals surface area contributed by atoms with Crippen molar-refractivity contribution in [1.82, 2.24) is 0 Å². The molecule has 2 unspecified atom stereocenters. The van der Waals surface area contributed by atoms with Crippen LogP contribution < -0.4 is 5.32 Å². The van der Waals surface area contributed by atoms with Crippen molar-refractivity contribution in [3.8, 4) is 0 Å². The summed E-state index contributed by atoms with van der Waals surface area (Å²) in [5.74, 6) is -0.353. The van der Waals surface area contributed by atoms with Crippen LogP contribution in [0.1, 0.15) is 17.3 Å². The zero-order valence-electron chi connectivity index (χ0n) is 9.96. The molecular formula is C12H15NO4S. The number of carbonyl (C=O) groups is 1. The van der Waals surface area contributed by atoms with Gasteiger partial charge in [0.1, 0.15) is 0 Å². The zero-order chi connectivity index (χ0) is 13.3. The minimum absolute atomic E-state index is 0.0572. The van der Waals surface area contributed by atoms with E-state index in [1.165, 1.54) is 6.92 Å². The number of benzene rings is 1. The van der Waals surface area contributed by atoms with Crippen LogP contribution in [0.15, 0.2) is 24.3 Å². The van der Waals surface area contributed by atoms with Crippen molar-refractivity contribution >= 4 is 21.3 Å². The number of anilines is 1. The molecule has 0 aromatic heterocycles. The number of aliphatic hydroxyl groups is 1. The van der Waals surface area contributed by atoms with Crippen molar-refractivity contribution in [1.29, 1.82) is 0 Å². The van der Waals surface area contributed by atoms with Crippen LogP contribution in [0.25, 0.3) is 0 Å². The van der Waals surface area contributed by atoms with Crippen molar-refractivity contribution < 1.29 is 18.3 Å². The standard InChI is InChI=1S/C12H15NO4S/c1-8(14)9-3-2-4-10(5-9)13-11-6-18(16,17)7-12(11)15/h2-5,11-13,15H,6-7H2,1H3. The third-order valence-corrected chi connectivity index (χ3v) is 4.66. The summed E-state index contributed by atoms with van der Waals surface area (Å²) in [5.41, 5.74) is 1.19. The first-order chi connectivity index (χ1) is 8.37. The lowest BCUT2D eigenvalue weighted by Crippen LogP contribution is -2.31. The van der Waals surface area contributed by atoms with Gasteiger partial charge < -0.3 is 10.4 Å². The quantitative estimate of drug-likeness (QED) is 0.779. The molecule has 1 aliphatic heterocycles. The first kappa shape index (κ1) is 13.0. The second kappa shape index (κ2) is 4.70. The van der Waals surface area contributed by atoms with Crippen molar-refractivity contribution in [3.05, 3.63) is 29.8 Å². The minimum atomic E-state index is -3.17. The fourth-order valence-corrected chi connectivity index (χ4v) is 3.75. The molecule has 0 bridgehead atoms. The Balaban J connectivity index is 2.15. The fourth-order valence-electron chi connectivity index (χ4n) is 2.01. The summed E-state index contributed by atoms with van der Waals surface area (Å²) in [7, 11) is -3.17. The summed E-state index contributed by atoms with van der Waals surface area (Å²) in [4.78, 5) is 11.2. The van der Waals surface area contributed by atoms with E-state index in [-0.39, 0.29) is 17.3 Å². The van der Waals surface area contributed by atoms with Crippen LogP contribution in [0.5, 0.6) is 0 Å². The molecule has 2 N–H and O–H groups in total. The highest BCUT2D eigenvalue weighted by Crippen LogP contribution is 2.19. The summed E-state index contributed by atoms with van der Waals surface area (Å²) in [6.07, 6.45) is -0.906. The molecule has 1 aromatic carbocycles. The molecule has 98 valence electrons. The molecule has 2 rings (SSSR count). The van der Waals surface area contributed by atoms with Gasteiger partial charge in [0, 0.05) is 11.3 Å². The molecule has 1 aliphatic rings. The maximum atomic E-state index is 11.4. The summed E-state index contributed by atoms with van der Waals surface area (Å²) in [5, 5.41) is 12.6. The Kier molecular flexibility index (Phi) is 3.41. The highest BCUT2D eigenvalue weighted by Gasteiger charge is 2.36. The van der Waals surface area contributed by atoms with Gasteiger partial charge in [0.15, 0.2) is 15.6 Å². The molecule has 0 aliphatic carbocycles. The van der Waals surface area contributed by atoms with Gasteiger partial charge in [-0.2, -0.15) is 0 Å². The molecule has 5 nitrogen and oxygen atoms in total. The van der Waals surface area contributed by atoms with Crippen molar-refractivity contribution in [2.45, 2.75) is 19.1 Å². The maximum Gasteiger partial charge on any atom is 0.159 e. The summed E-state index contributed by atoms with van der Waals surface area (Å²) in [6.45, 7) is 1.47. The van der Waals surface area contributed by atoms with Crippen LogP contribution in [-0.4, -0.2) is 43.0 Å². The second-order valence-corrected chi connectivity index (χ2v) is 6.69. The van der Waals surface area contributed by atoms with Crippen LogP contribution in [0.2, 0.25) is 0 Å². The Morgan fingerprint density at radius 1 is 1.39 bits per heavy atom. The lowest BCUT2D eigenvalue weighted by Gasteiger charge is -2.16. The lowest BCUT2D eigenvalue weighted by atomic mass is 10.1. The van der Waals surface area contributed by atoms with Gasteiger partial charge in [-0.25, -0.2) is 8.42 Å². The smallest absolute Gasteiger partial charge is 0.159 e. The van der Waals surface area contributed by atoms with Gasteiger partial charge in [-0.15, -0.1) is 0 Å². The Bertz CT molecular complexity index is 567. The molecule has 1 fully saturated rings. The number of carbonyl (C=O) groups excluding carboxylic acids is 1. The Morgan fingerprint density at radius 2 is 2.11 bits per heavy atom. The number of nitrogens with one attached hydrogen (secondary N) is 1. The number of aliphatic hydroxyl groups excluding tert-OH is 1. The minimum Gasteiger partial charge on any atom is -0.390 e. The van der Waals surface area contributed by atoms with Gasteiger partial charge in [0.2, 0.25) is 0 Å². The monoisotopic (exact) mass is 269 g/mol. The Hall–Kier alpha value is -1.40. The lowest BCUT2D eigenvalue weighted by molar-refractivity contribution is 0.101. The zero-order valence-corrected chi connectivity index (χ0v) is 10.8. The summed E-state index contributed by atoms with van der Waals surface area (Å²) < 4.78 is 22.7. The Labute approximate surface area is 106 Å². The van der Waals surface area contributed by atoms with E-state index in [0.717, 1.165) is 0 Å². The highest BCUT2D eigenvalue weighted by molar-refractivity contribution is 7.91. The molecule has 1 heterocycles. The Morgan fingerprint density at radius 3 is 2.67 bits per heavy atom. The number of hydrogen-bond donors (Lipinski definition) is 2. The van der Waals surface area contributed by atoms with E-state index < -0.39 is 22.0 Å². The van der Waals surface area contributed by atoms with E-state index in [4.69, 9.17) is 0 Å². The summed E-state index contributed by atoms with van der Waals surface area (Å²) >= 11 is 0. The molecule has 1 saturated heterocycles. The van der Waals surface area contributed by atoms with Crippen molar-refractivity contribution in [2.75, 3.05) is 16.8 Å². The first-order valence-electron chi connectivity index (χ1n) is 5.63. The molecule has 0 saturated carbocycles. The number of rotatable bonds is 3. The predicted molar refractivity (Wildman–Crippen MR) is 68.5 cm³/mol. The van der Waals surface area contributed by atoms with Crippen LogP contribution in [0.4, 0.5) is 5.69 Å². The average molecular weight is 269 g/mol. The number of hydrogen-bond acceptors (Lipinski definition) is 5. The van der Waals surface area contributed by atoms with Crippen LogP contribution >= 0.6 is 0 Å². The first-order valence-corrected chi connectivity index (χ1v) is 7.45. The van der Waals surface area contributed by atoms with Gasteiger partial charge in [-0.05, 0) is 19.1 Å². The van der Waals surface area contributed by atoms with Crippen molar-refractivity contribution in [3.63, 3.8) is 0 Å². The highest BCUT2D eigenvalue weighted by atomic mass is 32.2. The van der Waals surface area contributed by atoms with Crippen molar-refractivity contribution in [2.24, 2.45) is 0 Å². The molecule has 0 spiro atoms. The molecule has 0 amide bonds. The van der Waals surface area contributed by atoms with E-state index in [2.05, 4.69) is 5.32 Å². The third kappa shape index (κ3) is 2.88. The molecular weight excluding hydrogens is 254 g/mol. The van der Waals surface area contributed by atoms with Crippen LogP contribution in [0.3, 0.4) is 0 Å². The normalized spacial score (nSPS) is 25.9. The molecule has 0 radical (unpaired) electrons. The van der Waals surface area contributed by atoms with Gasteiger partial charge in [-0.1, -0.05) is 12.1 Å². The fraction of sp³-hybridized carbons (Fsp3) is 0.417. The second-order valence-electron chi connectivity index (χ2n) is 4.53. The average Bonchev–Trinajstić information content (AvgIpc) is 2.52. The van der Waals surface area contributed by atoms with Crippen LogP contribution in [0, 0.1) is 0 Å². The van der Waals surface area contributed by atoms with E-state index >= 15 is 0 Å². The van der Waals surface area contributed by atoms with Gasteiger partial charge in [0.05, 0.1) is 23.7 Å². The topological polar surface area (TPSA) is 83.5 Å². The van der Waals surface area contributed by atoms with Gasteiger partial charge in [0.25, 0.3) is 0 Å². The molecule has 18 heavy (non-hydrogen) atoms. The van der Waals surface area contributed by atoms with E-state index in [0.29, 0.717) is 11.3 Å². The van der Waals surface area contributed by atoms with Crippen LogP contribution in [-0.2, 0) is 9.84 Å². The van der Waals surface area contributed by atoms with E-state index in [9.17, 15) is 18.3 Å². The number of Topliss-reactive ketones (excluding diaryl/α,β-unsaturated/α-hetero) is 1. The SMILES string of the molecule is CC(=O)c1cccc(NC2CS(=O)(=O)CC2O)c1. The maximum absolute atomic E-state index is 11.4. The molecule has 2 atom stereocenters. The third-order valence-electron chi connectivity index (χ3n) is 2.94. The van der Waals surface area contributed by atoms with E-state index in [1.807, 2.05) is 0 Å². The number of sulfone groups is 1. The van der Waals surface area contributed by atoms with Gasteiger partial charge in [-0.3, -0.25) is 4.79 Å². The van der Waals surface area contributed by atoms with Gasteiger partial charge >= 0.3 is 0 Å². The molecule has 1 aromatic rings. The predicted octanol–water partition coefficient (Wildman–Crippen LogP) is 0.459.